The third kappa shape index (κ3) is 4.26. The Kier molecular flexibility index (Phi) is 6.00. The van der Waals surface area contributed by atoms with Crippen LogP contribution >= 0.6 is 12.2 Å². The van der Waals surface area contributed by atoms with Crippen LogP contribution in [0.25, 0.3) is 17.0 Å². The van der Waals surface area contributed by atoms with Crippen molar-refractivity contribution in [2.45, 2.75) is 13.0 Å². The van der Waals surface area contributed by atoms with E-state index in [0.29, 0.717) is 33.6 Å². The number of aromatic nitrogens is 2. The molecule has 0 bridgehead atoms. The number of methoxy groups -OCH3 is 1. The van der Waals surface area contributed by atoms with Crippen LogP contribution in [0.5, 0.6) is 5.75 Å². The molecule has 1 N–H and O–H groups in total. The average Bonchev–Trinajstić information content (AvgIpc) is 3.36. The van der Waals surface area contributed by atoms with E-state index in [1.54, 1.807) is 12.0 Å². The summed E-state index contributed by atoms with van der Waals surface area (Å²) in [6.07, 6.45) is 0. The lowest BCUT2D eigenvalue weighted by Gasteiger charge is -2.37. The minimum atomic E-state index is -0.968. The summed E-state index contributed by atoms with van der Waals surface area (Å²) in [5.41, 5.74) is 3.38. The Hall–Kier alpha value is -4.11. The number of benzene rings is 3. The van der Waals surface area contributed by atoms with Gasteiger partial charge in [0.15, 0.2) is 16.7 Å². The topological polar surface area (TPSA) is 63.4 Å². The van der Waals surface area contributed by atoms with Gasteiger partial charge < -0.3 is 14.6 Å². The SMILES string of the molecule is COc1ccc(-c2noc(C3=C(C)N(c4ccc(F)c(F)c4)C(=S)NC3c3ccccc3)n2)cc1. The number of halogens is 2. The molecule has 0 fully saturated rings. The summed E-state index contributed by atoms with van der Waals surface area (Å²) >= 11 is 5.63. The van der Waals surface area contributed by atoms with Crippen molar-refractivity contribution in [1.29, 1.82) is 0 Å². The third-order valence-electron chi connectivity index (χ3n) is 5.78. The highest BCUT2D eigenvalue weighted by atomic mass is 32.1. The number of rotatable bonds is 5. The zero-order valence-electron chi connectivity index (χ0n) is 18.8. The molecule has 4 aromatic rings. The highest BCUT2D eigenvalue weighted by Crippen LogP contribution is 2.39. The molecule has 1 aromatic heterocycles. The Morgan fingerprint density at radius 2 is 1.74 bits per heavy atom. The Labute approximate surface area is 205 Å². The summed E-state index contributed by atoms with van der Waals surface area (Å²) < 4.78 is 38.6. The van der Waals surface area contributed by atoms with Crippen LogP contribution in [0.15, 0.2) is 83.0 Å². The van der Waals surface area contributed by atoms with Gasteiger partial charge in [-0.25, -0.2) is 8.78 Å². The number of thiocarbonyl (C=S) groups is 1. The lowest BCUT2D eigenvalue weighted by atomic mass is 9.94. The van der Waals surface area contributed by atoms with Gasteiger partial charge in [-0.15, -0.1) is 0 Å². The fourth-order valence-corrected chi connectivity index (χ4v) is 4.40. The van der Waals surface area contributed by atoms with Gasteiger partial charge in [0.1, 0.15) is 5.75 Å². The fraction of sp³-hybridized carbons (Fsp3) is 0.115. The van der Waals surface area contributed by atoms with E-state index in [-0.39, 0.29) is 5.89 Å². The lowest BCUT2D eigenvalue weighted by Crippen LogP contribution is -2.46. The van der Waals surface area contributed by atoms with E-state index in [9.17, 15) is 8.78 Å². The number of allylic oxidation sites excluding steroid dienone is 1. The maximum Gasteiger partial charge on any atom is 0.258 e. The smallest absolute Gasteiger partial charge is 0.258 e. The van der Waals surface area contributed by atoms with Gasteiger partial charge in [0.05, 0.1) is 24.4 Å². The Morgan fingerprint density at radius 1 is 1.00 bits per heavy atom. The summed E-state index contributed by atoms with van der Waals surface area (Å²) in [5.74, 6) is -0.501. The van der Waals surface area contributed by atoms with Crippen LogP contribution in [0.2, 0.25) is 0 Å². The molecule has 0 aliphatic carbocycles. The molecular weight excluding hydrogens is 470 g/mol. The monoisotopic (exact) mass is 490 g/mol. The minimum Gasteiger partial charge on any atom is -0.497 e. The molecule has 1 atom stereocenters. The Balaban J connectivity index is 1.63. The van der Waals surface area contributed by atoms with Crippen molar-refractivity contribution in [2.24, 2.45) is 0 Å². The molecule has 0 saturated heterocycles. The van der Waals surface area contributed by atoms with Crippen molar-refractivity contribution in [3.63, 3.8) is 0 Å². The second kappa shape index (κ2) is 9.27. The quantitative estimate of drug-likeness (QED) is 0.350. The van der Waals surface area contributed by atoms with Crippen LogP contribution in [0.4, 0.5) is 14.5 Å². The van der Waals surface area contributed by atoms with Gasteiger partial charge in [0.2, 0.25) is 5.82 Å². The van der Waals surface area contributed by atoms with Crippen LogP contribution in [-0.2, 0) is 0 Å². The van der Waals surface area contributed by atoms with E-state index >= 15 is 0 Å². The first-order valence-corrected chi connectivity index (χ1v) is 11.2. The van der Waals surface area contributed by atoms with Crippen molar-refractivity contribution < 1.29 is 18.0 Å². The number of hydrogen-bond acceptors (Lipinski definition) is 5. The first kappa shape index (κ1) is 22.7. The second-order valence-electron chi connectivity index (χ2n) is 7.88. The van der Waals surface area contributed by atoms with Crippen LogP contribution in [0.1, 0.15) is 24.4 Å². The predicted molar refractivity (Wildman–Crippen MR) is 133 cm³/mol. The molecule has 0 amide bonds. The molecule has 6 nitrogen and oxygen atoms in total. The van der Waals surface area contributed by atoms with Crippen molar-refractivity contribution in [3.05, 3.63) is 102 Å². The molecule has 2 heterocycles. The van der Waals surface area contributed by atoms with Crippen molar-refractivity contribution >= 4 is 28.6 Å². The summed E-state index contributed by atoms with van der Waals surface area (Å²) in [6.45, 7) is 1.83. The zero-order valence-corrected chi connectivity index (χ0v) is 19.6. The molecule has 0 saturated carbocycles. The Morgan fingerprint density at radius 3 is 2.43 bits per heavy atom. The zero-order chi connectivity index (χ0) is 24.5. The molecule has 35 heavy (non-hydrogen) atoms. The summed E-state index contributed by atoms with van der Waals surface area (Å²) in [6, 6.07) is 20.2. The van der Waals surface area contributed by atoms with Gasteiger partial charge in [-0.3, -0.25) is 4.90 Å². The van der Waals surface area contributed by atoms with Gasteiger partial charge in [-0.05, 0) is 61.1 Å². The molecule has 3 aromatic carbocycles. The fourth-order valence-electron chi connectivity index (χ4n) is 4.04. The van der Waals surface area contributed by atoms with E-state index in [4.69, 9.17) is 21.5 Å². The maximum atomic E-state index is 14.1. The molecule has 1 aliphatic rings. The lowest BCUT2D eigenvalue weighted by molar-refractivity contribution is 0.404. The molecule has 5 rings (SSSR count). The number of nitrogens with one attached hydrogen (secondary N) is 1. The van der Waals surface area contributed by atoms with Gasteiger partial charge in [0.25, 0.3) is 5.89 Å². The van der Waals surface area contributed by atoms with Crippen LogP contribution in [-0.4, -0.2) is 22.4 Å². The number of ether oxygens (including phenoxy) is 1. The normalized spacial score (nSPS) is 15.8. The van der Waals surface area contributed by atoms with Gasteiger partial charge >= 0.3 is 0 Å². The largest absolute Gasteiger partial charge is 0.497 e. The first-order chi connectivity index (χ1) is 17.0. The molecular formula is C26H20F2N4O2S. The molecule has 1 unspecified atom stereocenters. The molecule has 1 aliphatic heterocycles. The molecule has 0 radical (unpaired) electrons. The van der Waals surface area contributed by atoms with E-state index in [0.717, 1.165) is 23.3 Å². The van der Waals surface area contributed by atoms with Crippen molar-refractivity contribution in [2.75, 3.05) is 12.0 Å². The standard InChI is InChI=1S/C26H20F2N4O2S/c1-15-22(25-30-24(31-34-25)17-8-11-19(33-2)12-9-17)23(16-6-4-3-5-7-16)29-26(35)32(15)18-10-13-20(27)21(28)14-18/h3-14,23H,1-2H3,(H,29,35). The third-order valence-corrected chi connectivity index (χ3v) is 6.08. The molecule has 0 spiro atoms. The summed E-state index contributed by atoms with van der Waals surface area (Å²) in [7, 11) is 1.60. The van der Waals surface area contributed by atoms with Crippen LogP contribution < -0.4 is 15.0 Å². The number of hydrogen-bond donors (Lipinski definition) is 1. The second-order valence-corrected chi connectivity index (χ2v) is 8.26. The highest BCUT2D eigenvalue weighted by molar-refractivity contribution is 7.80. The van der Waals surface area contributed by atoms with E-state index in [2.05, 4.69) is 15.5 Å². The predicted octanol–water partition coefficient (Wildman–Crippen LogP) is 5.89. The number of nitrogens with zero attached hydrogens (tertiary/aromatic N) is 3. The summed E-state index contributed by atoms with van der Waals surface area (Å²) in [5, 5.41) is 7.80. The van der Waals surface area contributed by atoms with E-state index < -0.39 is 17.7 Å². The maximum absolute atomic E-state index is 14.1. The number of anilines is 1. The van der Waals surface area contributed by atoms with Crippen LogP contribution in [0.3, 0.4) is 0 Å². The van der Waals surface area contributed by atoms with Crippen molar-refractivity contribution in [3.8, 4) is 17.1 Å². The van der Waals surface area contributed by atoms with Gasteiger partial charge in [-0.2, -0.15) is 4.98 Å². The van der Waals surface area contributed by atoms with Gasteiger partial charge in [-0.1, -0.05) is 35.5 Å². The summed E-state index contributed by atoms with van der Waals surface area (Å²) in [4.78, 5) is 6.28. The highest BCUT2D eigenvalue weighted by Gasteiger charge is 2.35. The van der Waals surface area contributed by atoms with E-state index in [1.807, 2.05) is 61.5 Å². The Bertz CT molecular complexity index is 1420. The first-order valence-electron chi connectivity index (χ1n) is 10.8. The van der Waals surface area contributed by atoms with E-state index in [1.165, 1.54) is 6.07 Å². The molecule has 176 valence electrons. The average molecular weight is 491 g/mol. The van der Waals surface area contributed by atoms with Crippen molar-refractivity contribution in [1.82, 2.24) is 15.5 Å². The molecule has 9 heteroatoms. The van der Waals surface area contributed by atoms with Gasteiger partial charge in [0, 0.05) is 17.3 Å². The minimum absolute atomic E-state index is 0.282. The van der Waals surface area contributed by atoms with Crippen LogP contribution in [0, 0.1) is 11.6 Å².